The number of hydrogen-bond donors (Lipinski definition) is 0. The predicted molar refractivity (Wildman–Crippen MR) is 80.6 cm³/mol. The molecule has 2 heterocycles. The van der Waals surface area contributed by atoms with Crippen molar-refractivity contribution < 1.29 is 4.79 Å². The van der Waals surface area contributed by atoms with Gasteiger partial charge >= 0.3 is 0 Å². The summed E-state index contributed by atoms with van der Waals surface area (Å²) >= 11 is 0. The third-order valence-corrected chi connectivity index (χ3v) is 3.50. The van der Waals surface area contributed by atoms with Gasteiger partial charge in [-0.25, -0.2) is 4.68 Å². The summed E-state index contributed by atoms with van der Waals surface area (Å²) in [4.78, 5) is 11.4. The first-order valence-electron chi connectivity index (χ1n) is 6.71. The monoisotopic (exact) mass is 280 g/mol. The Hall–Kier alpha value is -2.69. The fourth-order valence-corrected chi connectivity index (χ4v) is 2.46. The van der Waals surface area contributed by atoms with Crippen molar-refractivity contribution in [1.82, 2.24) is 19.6 Å². The highest BCUT2D eigenvalue weighted by molar-refractivity contribution is 5.86. The molecular weight excluding hydrogens is 264 g/mol. The van der Waals surface area contributed by atoms with Gasteiger partial charge in [-0.05, 0) is 25.5 Å². The van der Waals surface area contributed by atoms with Crippen molar-refractivity contribution >= 4 is 6.29 Å². The highest BCUT2D eigenvalue weighted by Crippen LogP contribution is 2.25. The Labute approximate surface area is 122 Å². The second-order valence-corrected chi connectivity index (χ2v) is 5.08. The second kappa shape index (κ2) is 5.01. The summed E-state index contributed by atoms with van der Waals surface area (Å²) in [6.07, 6.45) is 4.48. The van der Waals surface area contributed by atoms with Crippen molar-refractivity contribution in [3.05, 3.63) is 53.5 Å². The average Bonchev–Trinajstić information content (AvgIpc) is 3.02. The highest BCUT2D eigenvalue weighted by Gasteiger charge is 2.16. The van der Waals surface area contributed by atoms with E-state index >= 15 is 0 Å². The van der Waals surface area contributed by atoms with Crippen molar-refractivity contribution in [3.8, 4) is 16.9 Å². The van der Waals surface area contributed by atoms with E-state index in [1.807, 2.05) is 51.4 Å². The first-order valence-corrected chi connectivity index (χ1v) is 6.71. The van der Waals surface area contributed by atoms with E-state index in [1.54, 1.807) is 15.6 Å². The van der Waals surface area contributed by atoms with Crippen LogP contribution in [0.4, 0.5) is 0 Å². The number of aromatic nitrogens is 4. The van der Waals surface area contributed by atoms with Crippen LogP contribution in [0.1, 0.15) is 21.6 Å². The van der Waals surface area contributed by atoms with E-state index in [1.165, 1.54) is 0 Å². The van der Waals surface area contributed by atoms with Crippen molar-refractivity contribution in [2.75, 3.05) is 0 Å². The number of aldehydes is 1. The number of benzene rings is 1. The van der Waals surface area contributed by atoms with Gasteiger partial charge in [0.15, 0.2) is 6.29 Å². The molecule has 0 unspecified atom stereocenters. The second-order valence-electron chi connectivity index (χ2n) is 5.08. The molecule has 0 bridgehead atoms. The van der Waals surface area contributed by atoms with Gasteiger partial charge in [-0.3, -0.25) is 9.48 Å². The molecule has 2 aromatic heterocycles. The molecular formula is C16H16N4O. The van der Waals surface area contributed by atoms with Gasteiger partial charge in [-0.1, -0.05) is 18.2 Å². The van der Waals surface area contributed by atoms with Crippen molar-refractivity contribution in [3.63, 3.8) is 0 Å². The summed E-state index contributed by atoms with van der Waals surface area (Å²) < 4.78 is 3.48. The van der Waals surface area contributed by atoms with Crippen LogP contribution in [0.25, 0.3) is 16.9 Å². The van der Waals surface area contributed by atoms with Crippen LogP contribution in [-0.4, -0.2) is 25.8 Å². The lowest BCUT2D eigenvalue weighted by Gasteiger charge is -2.04. The van der Waals surface area contributed by atoms with E-state index in [9.17, 15) is 4.79 Å². The van der Waals surface area contributed by atoms with Crippen LogP contribution in [0, 0.1) is 13.8 Å². The molecule has 3 aromatic rings. The normalized spacial score (nSPS) is 10.8. The Morgan fingerprint density at radius 2 is 1.86 bits per heavy atom. The molecule has 1 aromatic carbocycles. The lowest BCUT2D eigenvalue weighted by Crippen LogP contribution is -1.97. The molecule has 0 saturated carbocycles. The molecule has 5 heteroatoms. The predicted octanol–water partition coefficient (Wildman–Crippen LogP) is 2.70. The molecule has 106 valence electrons. The number of hydrogen-bond acceptors (Lipinski definition) is 3. The molecule has 3 rings (SSSR count). The molecule has 0 amide bonds. The molecule has 21 heavy (non-hydrogen) atoms. The summed E-state index contributed by atoms with van der Waals surface area (Å²) in [7, 11) is 1.86. The van der Waals surface area contributed by atoms with Crippen molar-refractivity contribution in [2.45, 2.75) is 13.8 Å². The third-order valence-electron chi connectivity index (χ3n) is 3.50. The number of carbonyl (C=O) groups excluding carboxylic acids is 1. The minimum absolute atomic E-state index is 0.564. The van der Waals surface area contributed by atoms with E-state index in [2.05, 4.69) is 10.2 Å². The zero-order valence-electron chi connectivity index (χ0n) is 12.2. The molecule has 0 fully saturated rings. The first kappa shape index (κ1) is 13.3. The quantitative estimate of drug-likeness (QED) is 0.693. The Bertz CT molecular complexity index is 814. The van der Waals surface area contributed by atoms with E-state index in [0.29, 0.717) is 11.3 Å². The Morgan fingerprint density at radius 1 is 1.10 bits per heavy atom. The van der Waals surface area contributed by atoms with Gasteiger partial charge in [0.25, 0.3) is 0 Å². The maximum atomic E-state index is 11.4. The van der Waals surface area contributed by atoms with E-state index in [4.69, 9.17) is 0 Å². The SMILES string of the molecule is Cc1ccccc1-n1cc(C=O)c(-c2cn(C)nc2C)n1. The zero-order valence-corrected chi connectivity index (χ0v) is 12.2. The summed E-state index contributed by atoms with van der Waals surface area (Å²) in [5.74, 6) is 0. The van der Waals surface area contributed by atoms with E-state index in [-0.39, 0.29) is 0 Å². The summed E-state index contributed by atoms with van der Waals surface area (Å²) in [6.45, 7) is 3.93. The van der Waals surface area contributed by atoms with Gasteiger partial charge in [-0.2, -0.15) is 10.2 Å². The highest BCUT2D eigenvalue weighted by atomic mass is 16.1. The molecule has 5 nitrogen and oxygen atoms in total. The van der Waals surface area contributed by atoms with Gasteiger partial charge in [0.1, 0.15) is 5.69 Å². The number of nitrogens with zero attached hydrogens (tertiary/aromatic N) is 4. The number of carbonyl (C=O) groups is 1. The molecule has 0 spiro atoms. The smallest absolute Gasteiger partial charge is 0.153 e. The molecule has 0 saturated heterocycles. The standard InChI is InChI=1S/C16H16N4O/c1-11-6-4-5-7-15(11)20-8-13(10-21)16(18-20)14-9-19(3)17-12(14)2/h4-10H,1-3H3. The molecule has 0 aliphatic heterocycles. The van der Waals surface area contributed by atoms with Gasteiger partial charge in [0.05, 0.1) is 16.9 Å². The van der Waals surface area contributed by atoms with Gasteiger partial charge in [0.2, 0.25) is 0 Å². The lowest BCUT2D eigenvalue weighted by atomic mass is 10.1. The third kappa shape index (κ3) is 2.27. The summed E-state index contributed by atoms with van der Waals surface area (Å²) in [5.41, 5.74) is 5.04. The lowest BCUT2D eigenvalue weighted by molar-refractivity contribution is 0.112. The Morgan fingerprint density at radius 3 is 2.48 bits per heavy atom. The van der Waals surface area contributed by atoms with Gasteiger partial charge in [-0.15, -0.1) is 0 Å². The first-order chi connectivity index (χ1) is 10.1. The number of para-hydroxylation sites is 1. The van der Waals surface area contributed by atoms with Crippen LogP contribution < -0.4 is 0 Å². The van der Waals surface area contributed by atoms with E-state index < -0.39 is 0 Å². The Kier molecular flexibility index (Phi) is 3.17. The number of rotatable bonds is 3. The maximum absolute atomic E-state index is 11.4. The summed E-state index contributed by atoms with van der Waals surface area (Å²) in [6, 6.07) is 7.94. The fraction of sp³-hybridized carbons (Fsp3) is 0.188. The van der Waals surface area contributed by atoms with Crippen molar-refractivity contribution in [2.24, 2.45) is 7.05 Å². The van der Waals surface area contributed by atoms with Gasteiger partial charge < -0.3 is 0 Å². The van der Waals surface area contributed by atoms with Crippen LogP contribution in [0.5, 0.6) is 0 Å². The van der Waals surface area contributed by atoms with Crippen LogP contribution in [0.15, 0.2) is 36.7 Å². The maximum Gasteiger partial charge on any atom is 0.153 e. The van der Waals surface area contributed by atoms with Crippen LogP contribution >= 0.6 is 0 Å². The largest absolute Gasteiger partial charge is 0.298 e. The summed E-state index contributed by atoms with van der Waals surface area (Å²) in [5, 5.41) is 8.90. The zero-order chi connectivity index (χ0) is 15.0. The number of aryl methyl sites for hydroxylation is 3. The van der Waals surface area contributed by atoms with Crippen LogP contribution in [-0.2, 0) is 7.05 Å². The molecule has 0 N–H and O–H groups in total. The molecule has 0 radical (unpaired) electrons. The molecule has 0 aliphatic rings. The van der Waals surface area contributed by atoms with E-state index in [0.717, 1.165) is 28.8 Å². The van der Waals surface area contributed by atoms with Crippen LogP contribution in [0.3, 0.4) is 0 Å². The van der Waals surface area contributed by atoms with Crippen LogP contribution in [0.2, 0.25) is 0 Å². The molecule has 0 atom stereocenters. The van der Waals surface area contributed by atoms with Crippen molar-refractivity contribution in [1.29, 1.82) is 0 Å². The minimum Gasteiger partial charge on any atom is -0.298 e. The Balaban J connectivity index is 2.18. The molecule has 0 aliphatic carbocycles. The van der Waals surface area contributed by atoms with Gasteiger partial charge in [0, 0.05) is 25.0 Å². The average molecular weight is 280 g/mol. The topological polar surface area (TPSA) is 52.7 Å². The fourth-order valence-electron chi connectivity index (χ4n) is 2.46. The minimum atomic E-state index is 0.564.